The first-order valence-electron chi connectivity index (χ1n) is 5.83. The van der Waals surface area contributed by atoms with E-state index in [1.807, 2.05) is 12.1 Å². The molecule has 0 saturated carbocycles. The molecule has 0 fully saturated rings. The molecule has 0 spiro atoms. The lowest BCUT2D eigenvalue weighted by molar-refractivity contribution is 0.586. The fourth-order valence-electron chi connectivity index (χ4n) is 2.13. The molecule has 0 amide bonds. The molecule has 2 aromatic carbocycles. The predicted molar refractivity (Wildman–Crippen MR) is 80.8 cm³/mol. The lowest BCUT2D eigenvalue weighted by atomic mass is 10.2. The smallest absolute Gasteiger partial charge is 0.182 e. The van der Waals surface area contributed by atoms with Crippen molar-refractivity contribution in [2.45, 2.75) is 6.92 Å². The molecule has 6 heteroatoms. The highest BCUT2D eigenvalue weighted by molar-refractivity contribution is 9.10. The van der Waals surface area contributed by atoms with Gasteiger partial charge >= 0.3 is 0 Å². The van der Waals surface area contributed by atoms with E-state index in [9.17, 15) is 8.78 Å². The molecule has 3 aromatic rings. The van der Waals surface area contributed by atoms with Crippen LogP contribution in [0.4, 0.5) is 8.78 Å². The highest BCUT2D eigenvalue weighted by atomic mass is 79.9. The molecule has 2 nitrogen and oxygen atoms in total. The molecule has 3 rings (SSSR count). The number of hydrogen-bond acceptors (Lipinski definition) is 1. The first-order chi connectivity index (χ1) is 9.47. The van der Waals surface area contributed by atoms with Crippen molar-refractivity contribution in [1.29, 1.82) is 0 Å². The minimum Gasteiger partial charge on any atom is -0.330 e. The minimum atomic E-state index is -0.510. The molecule has 0 bridgehead atoms. The average Bonchev–Trinajstić information content (AvgIpc) is 2.69. The number of benzene rings is 2. The van der Waals surface area contributed by atoms with Gasteiger partial charge in [-0.3, -0.25) is 4.57 Å². The van der Waals surface area contributed by atoms with E-state index in [4.69, 9.17) is 12.2 Å². The topological polar surface area (TPSA) is 20.7 Å². The molecule has 0 atom stereocenters. The number of nitrogens with one attached hydrogen (secondary N) is 1. The Balaban J connectivity index is 2.38. The van der Waals surface area contributed by atoms with Gasteiger partial charge in [0.1, 0.15) is 11.6 Å². The third kappa shape index (κ3) is 2.09. The van der Waals surface area contributed by atoms with Gasteiger partial charge in [-0.05, 0) is 49.0 Å². The van der Waals surface area contributed by atoms with E-state index < -0.39 is 11.6 Å². The summed E-state index contributed by atoms with van der Waals surface area (Å²) in [6.07, 6.45) is 0. The van der Waals surface area contributed by atoms with Crippen LogP contribution >= 0.6 is 28.1 Å². The number of aromatic amines is 1. The predicted octanol–water partition coefficient (Wildman–Crippen LogP) is 5.04. The van der Waals surface area contributed by atoms with Gasteiger partial charge in [0.15, 0.2) is 4.77 Å². The number of nitrogens with zero attached hydrogens (tertiary/aromatic N) is 1. The van der Waals surface area contributed by atoms with Gasteiger partial charge in [-0.25, -0.2) is 8.78 Å². The maximum atomic E-state index is 14.1. The minimum absolute atomic E-state index is 0.103. The summed E-state index contributed by atoms with van der Waals surface area (Å²) in [5.74, 6) is -0.974. The first kappa shape index (κ1) is 13.5. The number of rotatable bonds is 1. The van der Waals surface area contributed by atoms with Crippen LogP contribution in [0.1, 0.15) is 5.56 Å². The Morgan fingerprint density at radius 1 is 1.15 bits per heavy atom. The van der Waals surface area contributed by atoms with Crippen molar-refractivity contribution >= 4 is 39.2 Å². The Hall–Kier alpha value is -1.53. The van der Waals surface area contributed by atoms with Gasteiger partial charge in [-0.2, -0.15) is 0 Å². The third-order valence-electron chi connectivity index (χ3n) is 3.11. The second-order valence-electron chi connectivity index (χ2n) is 4.48. The number of fused-ring (bicyclic) bond motifs is 1. The van der Waals surface area contributed by atoms with E-state index >= 15 is 0 Å². The number of aromatic nitrogens is 2. The Morgan fingerprint density at radius 3 is 2.65 bits per heavy atom. The molecule has 0 unspecified atom stereocenters. The zero-order valence-corrected chi connectivity index (χ0v) is 12.8. The van der Waals surface area contributed by atoms with Crippen LogP contribution < -0.4 is 0 Å². The molecule has 0 aliphatic rings. The molecule has 0 saturated heterocycles. The fraction of sp³-hybridized carbons (Fsp3) is 0.0714. The molecule has 1 aromatic heterocycles. The second kappa shape index (κ2) is 4.79. The summed E-state index contributed by atoms with van der Waals surface area (Å²) in [4.78, 5) is 2.99. The van der Waals surface area contributed by atoms with E-state index in [2.05, 4.69) is 20.9 Å². The highest BCUT2D eigenvalue weighted by Crippen LogP contribution is 2.25. The Morgan fingerprint density at radius 2 is 1.90 bits per heavy atom. The lowest BCUT2D eigenvalue weighted by Gasteiger charge is -2.08. The summed E-state index contributed by atoms with van der Waals surface area (Å²) in [5.41, 5.74) is 1.82. The van der Waals surface area contributed by atoms with Crippen LogP contribution in [-0.4, -0.2) is 9.55 Å². The summed E-state index contributed by atoms with van der Waals surface area (Å²) in [5, 5.41) is 0. The van der Waals surface area contributed by atoms with Gasteiger partial charge in [0.2, 0.25) is 0 Å². The van der Waals surface area contributed by atoms with E-state index in [0.717, 1.165) is 16.1 Å². The SMILES string of the molecule is Cc1cc(F)c(-n2c(=S)[nH]c3cc(Br)ccc32)cc1F. The number of hydrogen-bond donors (Lipinski definition) is 1. The maximum Gasteiger partial charge on any atom is 0.182 e. The fourth-order valence-corrected chi connectivity index (χ4v) is 2.80. The van der Waals surface area contributed by atoms with Gasteiger partial charge in [0.25, 0.3) is 0 Å². The third-order valence-corrected chi connectivity index (χ3v) is 3.89. The average molecular weight is 355 g/mol. The second-order valence-corrected chi connectivity index (χ2v) is 5.78. The standard InChI is InChI=1S/C14H9BrF2N2S/c1-7-4-10(17)13(6-9(7)16)19-12-3-2-8(15)5-11(12)18-14(19)20/h2-6H,1H3,(H,18,20). The molecule has 0 radical (unpaired) electrons. The Labute approximate surface area is 127 Å². The van der Waals surface area contributed by atoms with Gasteiger partial charge in [0, 0.05) is 10.5 Å². The van der Waals surface area contributed by atoms with Crippen molar-refractivity contribution in [2.24, 2.45) is 0 Å². The number of halogens is 3. The highest BCUT2D eigenvalue weighted by Gasteiger charge is 2.13. The van der Waals surface area contributed by atoms with Crippen molar-refractivity contribution in [3.05, 3.63) is 56.8 Å². The van der Waals surface area contributed by atoms with Gasteiger partial charge in [0.05, 0.1) is 16.7 Å². The molecule has 102 valence electrons. The van der Waals surface area contributed by atoms with Gasteiger partial charge < -0.3 is 4.98 Å². The zero-order valence-electron chi connectivity index (χ0n) is 10.4. The largest absolute Gasteiger partial charge is 0.330 e. The summed E-state index contributed by atoms with van der Waals surface area (Å²) in [7, 11) is 0. The van der Waals surface area contributed by atoms with Crippen LogP contribution in [0.5, 0.6) is 0 Å². The van der Waals surface area contributed by atoms with Crippen molar-refractivity contribution in [3.63, 3.8) is 0 Å². The molecule has 0 aliphatic heterocycles. The molecule has 1 N–H and O–H groups in total. The summed E-state index contributed by atoms with van der Waals surface area (Å²) in [6.45, 7) is 1.52. The molecule has 0 aliphatic carbocycles. The first-order valence-corrected chi connectivity index (χ1v) is 7.04. The van der Waals surface area contributed by atoms with Crippen molar-refractivity contribution in [3.8, 4) is 5.69 Å². The van der Waals surface area contributed by atoms with Crippen LogP contribution in [0.25, 0.3) is 16.7 Å². The summed E-state index contributed by atoms with van der Waals surface area (Å²) < 4.78 is 30.5. The van der Waals surface area contributed by atoms with Crippen LogP contribution in [0.2, 0.25) is 0 Å². The lowest BCUT2D eigenvalue weighted by Crippen LogP contribution is -2.00. The molecule has 20 heavy (non-hydrogen) atoms. The van der Waals surface area contributed by atoms with Crippen LogP contribution in [-0.2, 0) is 0 Å². The number of aryl methyl sites for hydroxylation is 1. The number of imidazole rings is 1. The van der Waals surface area contributed by atoms with E-state index in [0.29, 0.717) is 10.3 Å². The monoisotopic (exact) mass is 354 g/mol. The number of H-pyrrole nitrogens is 1. The van der Waals surface area contributed by atoms with Crippen LogP contribution in [0.3, 0.4) is 0 Å². The zero-order chi connectivity index (χ0) is 14.4. The normalized spacial score (nSPS) is 11.2. The van der Waals surface area contributed by atoms with Crippen molar-refractivity contribution in [2.75, 3.05) is 0 Å². The van der Waals surface area contributed by atoms with Crippen LogP contribution in [0.15, 0.2) is 34.8 Å². The summed E-state index contributed by atoms with van der Waals surface area (Å²) in [6, 6.07) is 7.79. The molecule has 1 heterocycles. The Kier molecular flexibility index (Phi) is 3.22. The van der Waals surface area contributed by atoms with E-state index in [-0.39, 0.29) is 11.3 Å². The Bertz CT molecular complexity index is 883. The van der Waals surface area contributed by atoms with Crippen LogP contribution in [0, 0.1) is 23.3 Å². The van der Waals surface area contributed by atoms with Gasteiger partial charge in [-0.15, -0.1) is 0 Å². The summed E-state index contributed by atoms with van der Waals surface area (Å²) >= 11 is 8.58. The van der Waals surface area contributed by atoms with Crippen molar-refractivity contribution in [1.82, 2.24) is 9.55 Å². The maximum absolute atomic E-state index is 14.1. The van der Waals surface area contributed by atoms with E-state index in [1.54, 1.807) is 6.07 Å². The van der Waals surface area contributed by atoms with Crippen molar-refractivity contribution < 1.29 is 8.78 Å². The quantitative estimate of drug-likeness (QED) is 0.607. The molecular weight excluding hydrogens is 346 g/mol. The molecular formula is C14H9BrF2N2S. The van der Waals surface area contributed by atoms with Gasteiger partial charge in [-0.1, -0.05) is 15.9 Å². The van der Waals surface area contributed by atoms with E-state index in [1.165, 1.54) is 17.6 Å².